The second-order valence-corrected chi connectivity index (χ2v) is 2.14. The Morgan fingerprint density at radius 2 is 2.55 bits per heavy atom. The molecule has 0 bridgehead atoms. The zero-order valence-corrected chi connectivity index (χ0v) is 6.07. The number of carbonyl (C=O) groups is 1. The third-order valence-corrected chi connectivity index (χ3v) is 1.44. The highest BCUT2D eigenvalue weighted by Crippen LogP contribution is 2.15. The van der Waals surface area contributed by atoms with Crippen molar-refractivity contribution in [1.29, 1.82) is 5.26 Å². The number of nitrogens with zero attached hydrogens (tertiary/aromatic N) is 1. The minimum atomic E-state index is -0.366. The number of esters is 1. The third kappa shape index (κ3) is 1.47. The molecule has 0 amide bonds. The van der Waals surface area contributed by atoms with Gasteiger partial charge in [0.15, 0.2) is 0 Å². The van der Waals surface area contributed by atoms with Crippen LogP contribution in [0.25, 0.3) is 0 Å². The van der Waals surface area contributed by atoms with Crippen LogP contribution in [-0.2, 0) is 9.53 Å². The maximum atomic E-state index is 10.8. The summed E-state index contributed by atoms with van der Waals surface area (Å²) in [4.78, 5) is 10.8. The Morgan fingerprint density at radius 1 is 1.82 bits per heavy atom. The molecule has 1 aliphatic carbocycles. The zero-order valence-electron chi connectivity index (χ0n) is 6.07. The van der Waals surface area contributed by atoms with Gasteiger partial charge in [-0.05, 0) is 12.2 Å². The van der Waals surface area contributed by atoms with Gasteiger partial charge in [-0.3, -0.25) is 4.79 Å². The predicted molar refractivity (Wildman–Crippen MR) is 38.3 cm³/mol. The minimum Gasteiger partial charge on any atom is -0.468 e. The van der Waals surface area contributed by atoms with Crippen LogP contribution in [0.3, 0.4) is 0 Å². The van der Waals surface area contributed by atoms with Crippen LogP contribution in [0.2, 0.25) is 0 Å². The first-order valence-electron chi connectivity index (χ1n) is 3.16. The van der Waals surface area contributed by atoms with Gasteiger partial charge in [0.25, 0.3) is 0 Å². The number of nitriles is 1. The summed E-state index contributed by atoms with van der Waals surface area (Å²) in [5, 5.41) is 8.42. The molecule has 1 rings (SSSR count). The molecular formula is C8H7NO2. The van der Waals surface area contributed by atoms with Gasteiger partial charge in [0, 0.05) is 5.57 Å². The zero-order chi connectivity index (χ0) is 8.27. The summed E-state index contributed by atoms with van der Waals surface area (Å²) in [5.74, 6) is -0.693. The van der Waals surface area contributed by atoms with Gasteiger partial charge < -0.3 is 4.74 Å². The second-order valence-electron chi connectivity index (χ2n) is 2.14. The molecule has 0 saturated heterocycles. The molecule has 0 saturated carbocycles. The van der Waals surface area contributed by atoms with Gasteiger partial charge in [-0.2, -0.15) is 5.26 Å². The molecule has 0 fully saturated rings. The molecule has 0 aromatic heterocycles. The van der Waals surface area contributed by atoms with E-state index in [9.17, 15) is 4.79 Å². The number of carbonyl (C=O) groups excluding carboxylic acids is 1. The van der Waals surface area contributed by atoms with Crippen molar-refractivity contribution >= 4 is 5.97 Å². The molecular weight excluding hydrogens is 142 g/mol. The first-order valence-corrected chi connectivity index (χ1v) is 3.16. The van der Waals surface area contributed by atoms with E-state index in [1.807, 2.05) is 6.07 Å². The van der Waals surface area contributed by atoms with E-state index in [-0.39, 0.29) is 11.9 Å². The largest absolute Gasteiger partial charge is 0.468 e. The highest BCUT2D eigenvalue weighted by Gasteiger charge is 2.17. The van der Waals surface area contributed by atoms with Crippen LogP contribution in [0.15, 0.2) is 23.8 Å². The lowest BCUT2D eigenvalue weighted by molar-refractivity contribution is -0.142. The van der Waals surface area contributed by atoms with E-state index in [1.54, 1.807) is 18.2 Å². The molecule has 1 atom stereocenters. The predicted octanol–water partition coefficient (Wildman–Crippen LogP) is 0.795. The molecule has 0 spiro atoms. The molecule has 0 aromatic rings. The van der Waals surface area contributed by atoms with Crippen LogP contribution in [0.5, 0.6) is 0 Å². The van der Waals surface area contributed by atoms with Crippen molar-refractivity contribution < 1.29 is 9.53 Å². The molecule has 0 N–H and O–H groups in total. The molecule has 11 heavy (non-hydrogen) atoms. The Balaban J connectivity index is 2.70. The maximum Gasteiger partial charge on any atom is 0.316 e. The molecule has 3 heteroatoms. The Labute approximate surface area is 64.6 Å². The first kappa shape index (κ1) is 7.55. The molecule has 0 aliphatic heterocycles. The summed E-state index contributed by atoms with van der Waals surface area (Å²) < 4.78 is 4.48. The van der Waals surface area contributed by atoms with E-state index < -0.39 is 0 Å². The summed E-state index contributed by atoms with van der Waals surface area (Å²) in [6.07, 6.45) is 4.83. The fourth-order valence-corrected chi connectivity index (χ4v) is 0.869. The van der Waals surface area contributed by atoms with Crippen molar-refractivity contribution in [3.63, 3.8) is 0 Å². The van der Waals surface area contributed by atoms with Gasteiger partial charge in [0.1, 0.15) is 0 Å². The van der Waals surface area contributed by atoms with Crippen molar-refractivity contribution in [3.8, 4) is 6.07 Å². The Bertz CT molecular complexity index is 270. The Morgan fingerprint density at radius 3 is 3.00 bits per heavy atom. The van der Waals surface area contributed by atoms with Gasteiger partial charge in [-0.25, -0.2) is 0 Å². The normalized spacial score (nSPS) is 20.7. The second kappa shape index (κ2) is 3.02. The monoisotopic (exact) mass is 149 g/mol. The van der Waals surface area contributed by atoms with Crippen molar-refractivity contribution in [3.05, 3.63) is 23.8 Å². The molecule has 0 heterocycles. The number of allylic oxidation sites excluding steroid dienone is 2. The van der Waals surface area contributed by atoms with E-state index >= 15 is 0 Å². The fraction of sp³-hybridized carbons (Fsp3) is 0.250. The van der Waals surface area contributed by atoms with E-state index in [4.69, 9.17) is 5.26 Å². The highest BCUT2D eigenvalue weighted by molar-refractivity contribution is 5.78. The van der Waals surface area contributed by atoms with Crippen molar-refractivity contribution in [2.45, 2.75) is 0 Å². The Hall–Kier alpha value is -1.56. The van der Waals surface area contributed by atoms with Crippen molar-refractivity contribution in [1.82, 2.24) is 0 Å². The average Bonchev–Trinajstić information content (AvgIpc) is 2.50. The highest BCUT2D eigenvalue weighted by atomic mass is 16.5. The van der Waals surface area contributed by atoms with Gasteiger partial charge >= 0.3 is 5.97 Å². The van der Waals surface area contributed by atoms with Gasteiger partial charge in [-0.15, -0.1) is 0 Å². The van der Waals surface area contributed by atoms with Crippen LogP contribution in [0.4, 0.5) is 0 Å². The summed E-state index contributed by atoms with van der Waals surface area (Å²) >= 11 is 0. The van der Waals surface area contributed by atoms with E-state index in [1.165, 1.54) is 7.11 Å². The molecule has 3 nitrogen and oxygen atoms in total. The van der Waals surface area contributed by atoms with Crippen LogP contribution in [0.1, 0.15) is 0 Å². The van der Waals surface area contributed by atoms with Crippen LogP contribution in [-0.4, -0.2) is 13.1 Å². The number of ether oxygens (including phenoxy) is 1. The minimum absolute atomic E-state index is 0.327. The van der Waals surface area contributed by atoms with E-state index in [2.05, 4.69) is 4.74 Å². The molecule has 0 radical (unpaired) electrons. The topological polar surface area (TPSA) is 50.1 Å². The summed E-state index contributed by atoms with van der Waals surface area (Å²) in [7, 11) is 1.33. The van der Waals surface area contributed by atoms with Crippen molar-refractivity contribution in [2.75, 3.05) is 7.11 Å². The standard InChI is InChI=1S/C8H7NO2/c1-11-8(10)7-3-2-6(4-7)5-9/h2-4,7H,1H3. The van der Waals surface area contributed by atoms with Gasteiger partial charge in [0.2, 0.25) is 0 Å². The van der Waals surface area contributed by atoms with Crippen LogP contribution >= 0.6 is 0 Å². The average molecular weight is 149 g/mol. The quantitative estimate of drug-likeness (QED) is 0.518. The SMILES string of the molecule is COC(=O)C1C=CC(C#N)=C1. The number of hydrogen-bond donors (Lipinski definition) is 0. The Kier molecular flexibility index (Phi) is 2.07. The third-order valence-electron chi connectivity index (χ3n) is 1.44. The lowest BCUT2D eigenvalue weighted by atomic mass is 10.2. The van der Waals surface area contributed by atoms with E-state index in [0.29, 0.717) is 5.57 Å². The van der Waals surface area contributed by atoms with Crippen LogP contribution < -0.4 is 0 Å². The molecule has 0 aromatic carbocycles. The van der Waals surface area contributed by atoms with Crippen LogP contribution in [0, 0.1) is 17.2 Å². The fourth-order valence-electron chi connectivity index (χ4n) is 0.869. The smallest absolute Gasteiger partial charge is 0.316 e. The van der Waals surface area contributed by atoms with Crippen molar-refractivity contribution in [2.24, 2.45) is 5.92 Å². The van der Waals surface area contributed by atoms with E-state index in [0.717, 1.165) is 0 Å². The maximum absolute atomic E-state index is 10.8. The number of rotatable bonds is 1. The molecule has 56 valence electrons. The first-order chi connectivity index (χ1) is 5.27. The van der Waals surface area contributed by atoms with Gasteiger partial charge in [0.05, 0.1) is 19.1 Å². The lowest BCUT2D eigenvalue weighted by Crippen LogP contribution is -2.09. The number of hydrogen-bond acceptors (Lipinski definition) is 3. The number of methoxy groups -OCH3 is 1. The van der Waals surface area contributed by atoms with Gasteiger partial charge in [-0.1, -0.05) is 6.08 Å². The summed E-state index contributed by atoms with van der Waals surface area (Å²) in [5.41, 5.74) is 0.514. The summed E-state index contributed by atoms with van der Waals surface area (Å²) in [6, 6.07) is 1.94. The summed E-state index contributed by atoms with van der Waals surface area (Å²) in [6.45, 7) is 0. The molecule has 1 unspecified atom stereocenters. The molecule has 1 aliphatic rings. The lowest BCUT2D eigenvalue weighted by Gasteiger charge is -1.99.